The van der Waals surface area contributed by atoms with Crippen LogP contribution in [0.3, 0.4) is 0 Å². The molecule has 2 aromatic rings. The normalized spacial score (nSPS) is 10.7. The molecule has 0 unspecified atom stereocenters. The lowest BCUT2D eigenvalue weighted by Gasteiger charge is -2.09. The summed E-state index contributed by atoms with van der Waals surface area (Å²) in [6.45, 7) is 5.04. The summed E-state index contributed by atoms with van der Waals surface area (Å²) in [5.41, 5.74) is 2.60. The van der Waals surface area contributed by atoms with E-state index in [0.29, 0.717) is 0 Å². The van der Waals surface area contributed by atoms with Gasteiger partial charge in [-0.1, -0.05) is 25.1 Å². The van der Waals surface area contributed by atoms with Gasteiger partial charge in [-0.25, -0.2) is 0 Å². The highest BCUT2D eigenvalue weighted by Crippen LogP contribution is 2.20. The summed E-state index contributed by atoms with van der Waals surface area (Å²) in [7, 11) is 0. The molecule has 0 spiro atoms. The van der Waals surface area contributed by atoms with Gasteiger partial charge in [0.1, 0.15) is 0 Å². The Labute approximate surface area is 109 Å². The molecule has 18 heavy (non-hydrogen) atoms. The molecule has 1 aromatic heterocycles. The Morgan fingerprint density at radius 2 is 2.17 bits per heavy atom. The van der Waals surface area contributed by atoms with Crippen LogP contribution in [0.4, 0.5) is 0 Å². The Morgan fingerprint density at radius 3 is 2.94 bits per heavy atom. The van der Waals surface area contributed by atoms with Crippen LogP contribution in [0.5, 0.6) is 0 Å². The Balaban J connectivity index is 2.28. The first-order chi connectivity index (χ1) is 8.86. The number of para-hydroxylation sites is 1. The van der Waals surface area contributed by atoms with Crippen molar-refractivity contribution >= 4 is 10.9 Å². The molecule has 0 aliphatic rings. The summed E-state index contributed by atoms with van der Waals surface area (Å²) in [5, 5.41) is 4.75. The number of nitrogens with zero attached hydrogens (tertiary/aromatic N) is 1. The molecule has 1 heterocycles. The van der Waals surface area contributed by atoms with E-state index in [2.05, 4.69) is 53.1 Å². The summed E-state index contributed by atoms with van der Waals surface area (Å²) in [5.74, 6) is 2.72. The number of rotatable bonds is 6. The Kier molecular flexibility index (Phi) is 4.44. The minimum Gasteiger partial charge on any atom is -0.342 e. The van der Waals surface area contributed by atoms with Crippen LogP contribution in [0.2, 0.25) is 0 Å². The van der Waals surface area contributed by atoms with Crippen molar-refractivity contribution in [3.63, 3.8) is 0 Å². The zero-order chi connectivity index (χ0) is 12.8. The molecule has 1 N–H and O–H groups in total. The van der Waals surface area contributed by atoms with E-state index in [0.717, 1.165) is 32.5 Å². The summed E-state index contributed by atoms with van der Waals surface area (Å²) in [6.07, 6.45) is 7.32. The van der Waals surface area contributed by atoms with E-state index in [4.69, 9.17) is 6.42 Å². The fraction of sp³-hybridized carbons (Fsp3) is 0.375. The summed E-state index contributed by atoms with van der Waals surface area (Å²) < 4.78 is 2.33. The molecule has 0 amide bonds. The second-order valence-corrected chi connectivity index (χ2v) is 4.48. The molecular weight excluding hydrogens is 220 g/mol. The van der Waals surface area contributed by atoms with E-state index in [1.165, 1.54) is 16.6 Å². The molecule has 0 radical (unpaired) electrons. The van der Waals surface area contributed by atoms with E-state index >= 15 is 0 Å². The van der Waals surface area contributed by atoms with Crippen molar-refractivity contribution in [3.8, 4) is 12.3 Å². The molecule has 0 saturated heterocycles. The van der Waals surface area contributed by atoms with Gasteiger partial charge in [0, 0.05) is 30.7 Å². The van der Waals surface area contributed by atoms with Gasteiger partial charge in [0.15, 0.2) is 0 Å². The topological polar surface area (TPSA) is 17.0 Å². The monoisotopic (exact) mass is 240 g/mol. The first kappa shape index (κ1) is 12.7. The lowest BCUT2D eigenvalue weighted by atomic mass is 10.2. The lowest BCUT2D eigenvalue weighted by Crippen LogP contribution is -2.16. The largest absolute Gasteiger partial charge is 0.342 e. The van der Waals surface area contributed by atoms with Crippen molar-refractivity contribution in [1.29, 1.82) is 0 Å². The second kappa shape index (κ2) is 6.28. The van der Waals surface area contributed by atoms with Gasteiger partial charge < -0.3 is 9.88 Å². The zero-order valence-corrected chi connectivity index (χ0v) is 10.9. The molecule has 2 rings (SSSR count). The van der Waals surface area contributed by atoms with Crippen molar-refractivity contribution in [2.45, 2.75) is 32.9 Å². The van der Waals surface area contributed by atoms with Crippen LogP contribution in [0.1, 0.15) is 25.5 Å². The Bertz CT molecular complexity index is 546. The van der Waals surface area contributed by atoms with Crippen LogP contribution in [-0.2, 0) is 13.1 Å². The molecule has 0 bridgehead atoms. The van der Waals surface area contributed by atoms with Crippen LogP contribution in [0.25, 0.3) is 10.9 Å². The molecule has 2 heteroatoms. The molecule has 0 aliphatic heterocycles. The van der Waals surface area contributed by atoms with Gasteiger partial charge >= 0.3 is 0 Å². The molecule has 0 saturated carbocycles. The van der Waals surface area contributed by atoms with Crippen LogP contribution in [0.15, 0.2) is 30.3 Å². The van der Waals surface area contributed by atoms with Gasteiger partial charge in [0.2, 0.25) is 0 Å². The van der Waals surface area contributed by atoms with E-state index in [1.54, 1.807) is 0 Å². The van der Waals surface area contributed by atoms with E-state index < -0.39 is 0 Å². The highest BCUT2D eigenvalue weighted by Gasteiger charge is 2.07. The molecule has 0 atom stereocenters. The number of benzene rings is 1. The third-order valence-corrected chi connectivity index (χ3v) is 3.11. The van der Waals surface area contributed by atoms with Crippen LogP contribution >= 0.6 is 0 Å². The molecular formula is C16H20N2. The van der Waals surface area contributed by atoms with Crippen LogP contribution in [0, 0.1) is 12.3 Å². The Morgan fingerprint density at radius 1 is 1.33 bits per heavy atom. The predicted molar refractivity (Wildman–Crippen MR) is 77.4 cm³/mol. The minimum atomic E-state index is 0.777. The highest BCUT2D eigenvalue weighted by molar-refractivity contribution is 5.81. The van der Waals surface area contributed by atoms with Crippen molar-refractivity contribution in [1.82, 2.24) is 9.88 Å². The highest BCUT2D eigenvalue weighted by atomic mass is 15.0. The average Bonchev–Trinajstić information content (AvgIpc) is 2.74. The van der Waals surface area contributed by atoms with Crippen LogP contribution < -0.4 is 5.32 Å². The third kappa shape index (κ3) is 2.75. The maximum absolute atomic E-state index is 5.38. The van der Waals surface area contributed by atoms with Crippen molar-refractivity contribution < 1.29 is 0 Å². The van der Waals surface area contributed by atoms with Gasteiger partial charge in [-0.3, -0.25) is 0 Å². The number of terminal acetylenes is 1. The first-order valence-electron chi connectivity index (χ1n) is 6.58. The van der Waals surface area contributed by atoms with E-state index in [9.17, 15) is 0 Å². The minimum absolute atomic E-state index is 0.777. The SMILES string of the molecule is C#CCCn1c(CNCCC)cc2ccccc21. The number of aromatic nitrogens is 1. The summed E-state index contributed by atoms with van der Waals surface area (Å²) >= 11 is 0. The summed E-state index contributed by atoms with van der Waals surface area (Å²) in [4.78, 5) is 0. The molecule has 0 fully saturated rings. The number of nitrogens with one attached hydrogen (secondary N) is 1. The van der Waals surface area contributed by atoms with Crippen LogP contribution in [-0.4, -0.2) is 11.1 Å². The third-order valence-electron chi connectivity index (χ3n) is 3.11. The standard InChI is InChI=1S/C16H20N2/c1-3-5-11-18-15(13-17-10-4-2)12-14-8-6-7-9-16(14)18/h1,6-9,12,17H,4-5,10-11,13H2,2H3. The predicted octanol–water partition coefficient (Wildman–Crippen LogP) is 3.16. The zero-order valence-electron chi connectivity index (χ0n) is 10.9. The first-order valence-corrected chi connectivity index (χ1v) is 6.58. The van der Waals surface area contributed by atoms with E-state index in [1.807, 2.05) is 0 Å². The quantitative estimate of drug-likeness (QED) is 0.606. The molecule has 2 nitrogen and oxygen atoms in total. The van der Waals surface area contributed by atoms with Gasteiger partial charge in [-0.05, 0) is 30.5 Å². The fourth-order valence-electron chi connectivity index (χ4n) is 2.25. The second-order valence-electron chi connectivity index (χ2n) is 4.48. The lowest BCUT2D eigenvalue weighted by molar-refractivity contribution is 0.621. The molecule has 94 valence electrons. The van der Waals surface area contributed by atoms with Crippen molar-refractivity contribution in [3.05, 3.63) is 36.0 Å². The number of aryl methyl sites for hydroxylation is 1. The molecule has 0 aliphatic carbocycles. The average molecular weight is 240 g/mol. The van der Waals surface area contributed by atoms with Gasteiger partial charge in [0.05, 0.1) is 0 Å². The van der Waals surface area contributed by atoms with Gasteiger partial charge in [-0.2, -0.15) is 0 Å². The van der Waals surface area contributed by atoms with Crippen molar-refractivity contribution in [2.24, 2.45) is 0 Å². The van der Waals surface area contributed by atoms with Gasteiger partial charge in [-0.15, -0.1) is 12.3 Å². The molecule has 1 aromatic carbocycles. The Hall–Kier alpha value is -1.72. The number of fused-ring (bicyclic) bond motifs is 1. The number of hydrogen-bond acceptors (Lipinski definition) is 1. The number of hydrogen-bond donors (Lipinski definition) is 1. The maximum atomic E-state index is 5.38. The maximum Gasteiger partial charge on any atom is 0.0483 e. The fourth-order valence-corrected chi connectivity index (χ4v) is 2.25. The van der Waals surface area contributed by atoms with Crippen molar-refractivity contribution in [2.75, 3.05) is 6.54 Å². The van der Waals surface area contributed by atoms with E-state index in [-0.39, 0.29) is 0 Å². The summed E-state index contributed by atoms with van der Waals surface area (Å²) in [6, 6.07) is 10.7. The van der Waals surface area contributed by atoms with Gasteiger partial charge in [0.25, 0.3) is 0 Å². The smallest absolute Gasteiger partial charge is 0.0483 e.